The Morgan fingerprint density at radius 1 is 1.12 bits per heavy atom. The van der Waals surface area contributed by atoms with Crippen LogP contribution in [-0.4, -0.2) is 28.0 Å². The molecule has 1 aromatic heterocycles. The van der Waals surface area contributed by atoms with E-state index in [1.54, 1.807) is 0 Å². The van der Waals surface area contributed by atoms with Crippen LogP contribution in [0.15, 0.2) is 54.7 Å². The smallest absolute Gasteiger partial charge is 0.326 e. The number of H-pyrrole nitrogens is 1. The summed E-state index contributed by atoms with van der Waals surface area (Å²) in [6.45, 7) is 1.99. The lowest BCUT2D eigenvalue weighted by Gasteiger charge is -2.14. The van der Waals surface area contributed by atoms with Gasteiger partial charge in [0, 0.05) is 23.5 Å². The largest absolute Gasteiger partial charge is 0.480 e. The van der Waals surface area contributed by atoms with Gasteiger partial charge in [0.05, 0.1) is 6.42 Å². The van der Waals surface area contributed by atoms with Gasteiger partial charge in [0.1, 0.15) is 6.04 Å². The zero-order chi connectivity index (χ0) is 17.8. The minimum Gasteiger partial charge on any atom is -0.480 e. The van der Waals surface area contributed by atoms with Gasteiger partial charge in [0.2, 0.25) is 5.91 Å². The molecule has 0 saturated carbocycles. The number of carbonyl (C=O) groups is 2. The van der Waals surface area contributed by atoms with E-state index >= 15 is 0 Å². The number of carbonyl (C=O) groups excluding carboxylic acids is 1. The van der Waals surface area contributed by atoms with Crippen molar-refractivity contribution in [3.63, 3.8) is 0 Å². The molecule has 0 fully saturated rings. The molecule has 0 aliphatic rings. The average Bonchev–Trinajstić information content (AvgIpc) is 2.99. The number of aliphatic carboxylic acids is 1. The molecule has 3 aromatic rings. The fourth-order valence-electron chi connectivity index (χ4n) is 3.06. The van der Waals surface area contributed by atoms with E-state index in [2.05, 4.69) is 10.3 Å². The summed E-state index contributed by atoms with van der Waals surface area (Å²) in [6, 6.07) is 14.2. The molecule has 0 spiro atoms. The second-order valence-corrected chi connectivity index (χ2v) is 6.14. The Morgan fingerprint density at radius 2 is 1.88 bits per heavy atom. The fraction of sp³-hybridized carbons (Fsp3) is 0.200. The number of nitrogens with one attached hydrogen (secondary N) is 2. The van der Waals surface area contributed by atoms with Crippen molar-refractivity contribution in [3.8, 4) is 0 Å². The van der Waals surface area contributed by atoms with Crippen molar-refractivity contribution in [1.29, 1.82) is 0 Å². The number of hydrogen-bond donors (Lipinski definition) is 3. The van der Waals surface area contributed by atoms with E-state index in [9.17, 15) is 14.7 Å². The van der Waals surface area contributed by atoms with Crippen molar-refractivity contribution in [3.05, 3.63) is 71.4 Å². The van der Waals surface area contributed by atoms with E-state index in [0.29, 0.717) is 0 Å². The predicted octanol–water partition coefficient (Wildman–Crippen LogP) is 2.83. The Labute approximate surface area is 145 Å². The van der Waals surface area contributed by atoms with Crippen molar-refractivity contribution in [2.45, 2.75) is 25.8 Å². The highest BCUT2D eigenvalue weighted by molar-refractivity contribution is 5.89. The molecular weight excluding hydrogens is 316 g/mol. The number of hydrogen-bond acceptors (Lipinski definition) is 2. The van der Waals surface area contributed by atoms with E-state index < -0.39 is 12.0 Å². The summed E-state index contributed by atoms with van der Waals surface area (Å²) in [5, 5.41) is 13.2. The molecule has 5 nitrogen and oxygen atoms in total. The standard InChI is InChI=1S/C20H20N2O3/c1-13-6-5-9-16-19(13)15(12-21-16)11-17(20(24)25)22-18(23)10-14-7-3-2-4-8-14/h2-9,12,17,21H,10-11H2,1H3,(H,22,23)(H,24,25). The van der Waals surface area contributed by atoms with E-state index in [-0.39, 0.29) is 18.7 Å². The Balaban J connectivity index is 1.75. The van der Waals surface area contributed by atoms with Gasteiger partial charge in [0.15, 0.2) is 0 Å². The van der Waals surface area contributed by atoms with Crippen LogP contribution in [0, 0.1) is 6.92 Å². The minimum absolute atomic E-state index is 0.164. The zero-order valence-electron chi connectivity index (χ0n) is 14.0. The van der Waals surface area contributed by atoms with Gasteiger partial charge in [-0.15, -0.1) is 0 Å². The molecule has 0 aliphatic heterocycles. The third-order valence-electron chi connectivity index (χ3n) is 4.26. The maximum absolute atomic E-state index is 12.2. The second kappa shape index (κ2) is 7.21. The van der Waals surface area contributed by atoms with Gasteiger partial charge in [0.25, 0.3) is 0 Å². The predicted molar refractivity (Wildman–Crippen MR) is 96.5 cm³/mol. The number of rotatable bonds is 6. The number of carboxylic acids is 1. The van der Waals surface area contributed by atoms with Crippen LogP contribution in [0.1, 0.15) is 16.7 Å². The summed E-state index contributed by atoms with van der Waals surface area (Å²) in [5.41, 5.74) is 3.79. The molecule has 1 amide bonds. The molecule has 0 aliphatic carbocycles. The molecule has 0 radical (unpaired) electrons. The molecule has 3 N–H and O–H groups in total. The zero-order valence-corrected chi connectivity index (χ0v) is 14.0. The van der Waals surface area contributed by atoms with Crippen molar-refractivity contribution < 1.29 is 14.7 Å². The quantitative estimate of drug-likeness (QED) is 0.647. The van der Waals surface area contributed by atoms with E-state index in [1.807, 2.05) is 61.7 Å². The van der Waals surface area contributed by atoms with Crippen LogP contribution < -0.4 is 5.32 Å². The van der Waals surface area contributed by atoms with Crippen molar-refractivity contribution in [2.24, 2.45) is 0 Å². The van der Waals surface area contributed by atoms with Crippen LogP contribution in [0.5, 0.6) is 0 Å². The molecule has 1 atom stereocenters. The summed E-state index contributed by atoms with van der Waals surface area (Å²) in [5.74, 6) is -1.33. The van der Waals surface area contributed by atoms with Gasteiger partial charge in [-0.2, -0.15) is 0 Å². The number of aromatic amines is 1. The molecule has 2 aromatic carbocycles. The van der Waals surface area contributed by atoms with Gasteiger partial charge in [-0.25, -0.2) is 4.79 Å². The van der Waals surface area contributed by atoms with Crippen LogP contribution in [0.25, 0.3) is 10.9 Å². The Bertz CT molecular complexity index is 900. The molecule has 25 heavy (non-hydrogen) atoms. The van der Waals surface area contributed by atoms with E-state index in [1.165, 1.54) is 0 Å². The summed E-state index contributed by atoms with van der Waals surface area (Å²) >= 11 is 0. The first kappa shape index (κ1) is 16.8. The Morgan fingerprint density at radius 3 is 2.60 bits per heavy atom. The lowest BCUT2D eigenvalue weighted by molar-refractivity contribution is -0.141. The maximum atomic E-state index is 12.2. The number of amides is 1. The first-order valence-electron chi connectivity index (χ1n) is 8.16. The van der Waals surface area contributed by atoms with Crippen molar-refractivity contribution >= 4 is 22.8 Å². The molecule has 1 unspecified atom stereocenters. The number of fused-ring (bicyclic) bond motifs is 1. The summed E-state index contributed by atoms with van der Waals surface area (Å²) in [7, 11) is 0. The monoisotopic (exact) mass is 336 g/mol. The van der Waals surface area contributed by atoms with Gasteiger partial charge in [-0.05, 0) is 29.7 Å². The number of aromatic nitrogens is 1. The van der Waals surface area contributed by atoms with Crippen LogP contribution in [0.4, 0.5) is 0 Å². The first-order chi connectivity index (χ1) is 12.0. The normalized spacial score (nSPS) is 12.0. The topological polar surface area (TPSA) is 82.2 Å². The van der Waals surface area contributed by atoms with Crippen LogP contribution in [0.3, 0.4) is 0 Å². The Hall–Kier alpha value is -3.08. The minimum atomic E-state index is -1.04. The van der Waals surface area contributed by atoms with Crippen molar-refractivity contribution in [2.75, 3.05) is 0 Å². The molecular formula is C20H20N2O3. The second-order valence-electron chi connectivity index (χ2n) is 6.14. The fourth-order valence-corrected chi connectivity index (χ4v) is 3.06. The summed E-state index contributed by atoms with van der Waals surface area (Å²) < 4.78 is 0. The molecule has 1 heterocycles. The first-order valence-corrected chi connectivity index (χ1v) is 8.16. The molecule has 128 valence electrons. The third kappa shape index (κ3) is 3.88. The molecule has 0 saturated heterocycles. The SMILES string of the molecule is Cc1cccc2[nH]cc(CC(NC(=O)Cc3ccccc3)C(=O)O)c12. The Kier molecular flexibility index (Phi) is 4.84. The highest BCUT2D eigenvalue weighted by atomic mass is 16.4. The highest BCUT2D eigenvalue weighted by Gasteiger charge is 2.22. The maximum Gasteiger partial charge on any atom is 0.326 e. The number of carboxylic acid groups (broad SMARTS) is 1. The van der Waals surface area contributed by atoms with Gasteiger partial charge in [-0.1, -0.05) is 42.5 Å². The molecule has 5 heteroatoms. The summed E-state index contributed by atoms with van der Waals surface area (Å²) in [4.78, 5) is 27.0. The molecule has 3 rings (SSSR count). The van der Waals surface area contributed by atoms with Crippen molar-refractivity contribution in [1.82, 2.24) is 10.3 Å². The third-order valence-corrected chi connectivity index (χ3v) is 4.26. The summed E-state index contributed by atoms with van der Waals surface area (Å²) in [6.07, 6.45) is 2.22. The highest BCUT2D eigenvalue weighted by Crippen LogP contribution is 2.23. The lowest BCUT2D eigenvalue weighted by Crippen LogP contribution is -2.43. The van der Waals surface area contributed by atoms with E-state index in [4.69, 9.17) is 0 Å². The van der Waals surface area contributed by atoms with Gasteiger partial charge in [-0.3, -0.25) is 4.79 Å². The van der Waals surface area contributed by atoms with Gasteiger partial charge < -0.3 is 15.4 Å². The average molecular weight is 336 g/mol. The van der Waals surface area contributed by atoms with Crippen LogP contribution >= 0.6 is 0 Å². The van der Waals surface area contributed by atoms with E-state index in [0.717, 1.165) is 27.6 Å². The number of benzene rings is 2. The van der Waals surface area contributed by atoms with Gasteiger partial charge >= 0.3 is 5.97 Å². The number of aryl methyl sites for hydroxylation is 1. The molecule has 0 bridgehead atoms. The van der Waals surface area contributed by atoms with Crippen LogP contribution in [0.2, 0.25) is 0 Å². The lowest BCUT2D eigenvalue weighted by atomic mass is 10.0. The van der Waals surface area contributed by atoms with Crippen LogP contribution in [-0.2, 0) is 22.4 Å².